The molecule has 0 aromatic heterocycles. The summed E-state index contributed by atoms with van der Waals surface area (Å²) in [6.07, 6.45) is 0. The smallest absolute Gasteiger partial charge is 0.142 e. The molecule has 0 aliphatic carbocycles. The Kier molecular flexibility index (Phi) is 5.13. The summed E-state index contributed by atoms with van der Waals surface area (Å²) in [5, 5.41) is 0. The van der Waals surface area contributed by atoms with E-state index in [1.807, 2.05) is 18.2 Å². The number of nitrogens with two attached hydrogens (primary N) is 1. The van der Waals surface area contributed by atoms with Crippen LogP contribution in [0.15, 0.2) is 18.2 Å². The van der Waals surface area contributed by atoms with Gasteiger partial charge in [-0.1, -0.05) is 27.7 Å². The van der Waals surface area contributed by atoms with Gasteiger partial charge >= 0.3 is 0 Å². The van der Waals surface area contributed by atoms with Gasteiger partial charge in [-0.2, -0.15) is 0 Å². The predicted octanol–water partition coefficient (Wildman–Crippen LogP) is 3.34. The highest BCUT2D eigenvalue weighted by Gasteiger charge is 2.04. The van der Waals surface area contributed by atoms with Gasteiger partial charge in [0, 0.05) is 6.07 Å². The van der Waals surface area contributed by atoms with Crippen LogP contribution in [0, 0.1) is 11.8 Å². The molecule has 0 heterocycles. The minimum atomic E-state index is 0.492. The van der Waals surface area contributed by atoms with Crippen molar-refractivity contribution in [2.75, 3.05) is 18.9 Å². The van der Waals surface area contributed by atoms with Crippen molar-refractivity contribution < 1.29 is 9.47 Å². The zero-order chi connectivity index (χ0) is 12.8. The number of hydrogen-bond acceptors (Lipinski definition) is 3. The van der Waals surface area contributed by atoms with Gasteiger partial charge in [0.1, 0.15) is 11.5 Å². The van der Waals surface area contributed by atoms with E-state index in [0.29, 0.717) is 30.7 Å². The Labute approximate surface area is 104 Å². The Morgan fingerprint density at radius 2 is 1.59 bits per heavy atom. The summed E-state index contributed by atoms with van der Waals surface area (Å²) < 4.78 is 11.2. The van der Waals surface area contributed by atoms with Gasteiger partial charge in [-0.05, 0) is 24.0 Å². The van der Waals surface area contributed by atoms with Gasteiger partial charge < -0.3 is 15.2 Å². The number of benzene rings is 1. The first-order valence-electron chi connectivity index (χ1n) is 6.14. The molecule has 3 nitrogen and oxygen atoms in total. The van der Waals surface area contributed by atoms with Crippen molar-refractivity contribution in [2.45, 2.75) is 27.7 Å². The van der Waals surface area contributed by atoms with E-state index >= 15 is 0 Å². The van der Waals surface area contributed by atoms with Crippen LogP contribution in [-0.2, 0) is 0 Å². The molecular weight excluding hydrogens is 214 g/mol. The Morgan fingerprint density at radius 1 is 1.00 bits per heavy atom. The molecule has 0 spiro atoms. The lowest BCUT2D eigenvalue weighted by molar-refractivity contribution is 0.265. The first-order valence-corrected chi connectivity index (χ1v) is 6.14. The number of anilines is 1. The van der Waals surface area contributed by atoms with Gasteiger partial charge in [0.2, 0.25) is 0 Å². The summed E-state index contributed by atoms with van der Waals surface area (Å²) in [6, 6.07) is 5.58. The maximum Gasteiger partial charge on any atom is 0.142 e. The predicted molar refractivity (Wildman–Crippen MR) is 71.5 cm³/mol. The van der Waals surface area contributed by atoms with Crippen LogP contribution in [0.2, 0.25) is 0 Å². The standard InChI is InChI=1S/C14H23NO2/c1-10(2)8-16-12-5-6-14(13(15)7-12)17-9-11(3)4/h5-7,10-11H,8-9,15H2,1-4H3. The lowest BCUT2D eigenvalue weighted by atomic mass is 10.2. The number of rotatable bonds is 6. The molecule has 0 aliphatic heterocycles. The van der Waals surface area contributed by atoms with Crippen molar-refractivity contribution in [2.24, 2.45) is 11.8 Å². The van der Waals surface area contributed by atoms with Gasteiger partial charge in [-0.15, -0.1) is 0 Å². The molecular formula is C14H23NO2. The van der Waals surface area contributed by atoms with E-state index in [1.54, 1.807) is 0 Å². The highest BCUT2D eigenvalue weighted by Crippen LogP contribution is 2.27. The summed E-state index contributed by atoms with van der Waals surface area (Å²) in [5.41, 5.74) is 6.54. The van der Waals surface area contributed by atoms with E-state index in [0.717, 1.165) is 11.5 Å². The van der Waals surface area contributed by atoms with E-state index in [-0.39, 0.29) is 0 Å². The third kappa shape index (κ3) is 4.98. The number of ether oxygens (including phenoxy) is 2. The molecule has 1 aromatic carbocycles. The Balaban J connectivity index is 2.59. The Morgan fingerprint density at radius 3 is 2.12 bits per heavy atom. The molecule has 1 rings (SSSR count). The molecule has 0 unspecified atom stereocenters. The second kappa shape index (κ2) is 6.38. The van der Waals surface area contributed by atoms with E-state index in [9.17, 15) is 0 Å². The first-order chi connectivity index (χ1) is 7.99. The Bertz CT molecular complexity index is 348. The van der Waals surface area contributed by atoms with Crippen LogP contribution in [0.4, 0.5) is 5.69 Å². The lowest BCUT2D eigenvalue weighted by Crippen LogP contribution is -2.07. The summed E-state index contributed by atoms with van der Waals surface area (Å²) in [7, 11) is 0. The van der Waals surface area contributed by atoms with Crippen LogP contribution in [0.5, 0.6) is 11.5 Å². The normalized spacial score (nSPS) is 10.9. The first kappa shape index (κ1) is 13.7. The average molecular weight is 237 g/mol. The summed E-state index contributed by atoms with van der Waals surface area (Å²) in [6.45, 7) is 9.82. The highest BCUT2D eigenvalue weighted by molar-refractivity contribution is 5.56. The molecule has 0 saturated heterocycles. The molecule has 0 amide bonds. The average Bonchev–Trinajstić information content (AvgIpc) is 2.24. The summed E-state index contributed by atoms with van der Waals surface area (Å²) in [4.78, 5) is 0. The van der Waals surface area contributed by atoms with Crippen LogP contribution < -0.4 is 15.2 Å². The summed E-state index contributed by atoms with van der Waals surface area (Å²) in [5.74, 6) is 2.53. The van der Waals surface area contributed by atoms with Crippen molar-refractivity contribution in [3.63, 3.8) is 0 Å². The van der Waals surface area contributed by atoms with Crippen molar-refractivity contribution in [1.29, 1.82) is 0 Å². The van der Waals surface area contributed by atoms with E-state index in [1.165, 1.54) is 0 Å². The Hall–Kier alpha value is -1.38. The van der Waals surface area contributed by atoms with Crippen molar-refractivity contribution in [1.82, 2.24) is 0 Å². The van der Waals surface area contributed by atoms with Crippen LogP contribution in [0.3, 0.4) is 0 Å². The van der Waals surface area contributed by atoms with Crippen LogP contribution >= 0.6 is 0 Å². The van der Waals surface area contributed by atoms with Gasteiger partial charge in [0.25, 0.3) is 0 Å². The van der Waals surface area contributed by atoms with Gasteiger partial charge in [-0.3, -0.25) is 0 Å². The van der Waals surface area contributed by atoms with Crippen LogP contribution in [-0.4, -0.2) is 13.2 Å². The minimum Gasteiger partial charge on any atom is -0.493 e. The molecule has 17 heavy (non-hydrogen) atoms. The van der Waals surface area contributed by atoms with Crippen LogP contribution in [0.25, 0.3) is 0 Å². The molecule has 3 heteroatoms. The zero-order valence-electron chi connectivity index (χ0n) is 11.2. The van der Waals surface area contributed by atoms with Crippen molar-refractivity contribution in [3.05, 3.63) is 18.2 Å². The van der Waals surface area contributed by atoms with Gasteiger partial charge in [0.05, 0.1) is 18.9 Å². The molecule has 1 aromatic rings. The fourth-order valence-corrected chi connectivity index (χ4v) is 1.27. The largest absolute Gasteiger partial charge is 0.493 e. The molecule has 0 fully saturated rings. The second-order valence-corrected chi connectivity index (χ2v) is 5.11. The summed E-state index contributed by atoms with van der Waals surface area (Å²) >= 11 is 0. The molecule has 0 radical (unpaired) electrons. The third-order valence-corrected chi connectivity index (χ3v) is 2.14. The van der Waals surface area contributed by atoms with E-state index in [4.69, 9.17) is 15.2 Å². The molecule has 0 bridgehead atoms. The topological polar surface area (TPSA) is 44.5 Å². The molecule has 0 aliphatic rings. The quantitative estimate of drug-likeness (QED) is 0.772. The molecule has 0 saturated carbocycles. The van der Waals surface area contributed by atoms with Crippen LogP contribution in [0.1, 0.15) is 27.7 Å². The molecule has 2 N–H and O–H groups in total. The van der Waals surface area contributed by atoms with E-state index < -0.39 is 0 Å². The number of hydrogen-bond donors (Lipinski definition) is 1. The fourth-order valence-electron chi connectivity index (χ4n) is 1.27. The monoisotopic (exact) mass is 237 g/mol. The highest BCUT2D eigenvalue weighted by atomic mass is 16.5. The lowest BCUT2D eigenvalue weighted by Gasteiger charge is -2.13. The van der Waals surface area contributed by atoms with E-state index in [2.05, 4.69) is 27.7 Å². The SMILES string of the molecule is CC(C)COc1ccc(OCC(C)C)c(N)c1. The van der Waals surface area contributed by atoms with Gasteiger partial charge in [-0.25, -0.2) is 0 Å². The fraction of sp³-hybridized carbons (Fsp3) is 0.571. The zero-order valence-corrected chi connectivity index (χ0v) is 11.2. The third-order valence-electron chi connectivity index (χ3n) is 2.14. The van der Waals surface area contributed by atoms with Crippen molar-refractivity contribution in [3.8, 4) is 11.5 Å². The van der Waals surface area contributed by atoms with Gasteiger partial charge in [0.15, 0.2) is 0 Å². The maximum absolute atomic E-state index is 5.91. The molecule has 0 atom stereocenters. The van der Waals surface area contributed by atoms with Crippen molar-refractivity contribution >= 4 is 5.69 Å². The maximum atomic E-state index is 5.91. The second-order valence-electron chi connectivity index (χ2n) is 5.11. The number of nitrogen functional groups attached to an aromatic ring is 1. The minimum absolute atomic E-state index is 0.492. The molecule has 96 valence electrons.